The summed E-state index contributed by atoms with van der Waals surface area (Å²) in [4.78, 5) is 26.1. The molecule has 2 aliphatic rings. The normalized spacial score (nSPS) is 17.0. The Hall–Kier alpha value is -3.10. The zero-order chi connectivity index (χ0) is 26.3. The molecule has 2 N–H and O–H groups in total. The Morgan fingerprint density at radius 1 is 1.05 bits per heavy atom. The molecule has 1 fully saturated rings. The second kappa shape index (κ2) is 9.99. The lowest BCUT2D eigenvalue weighted by Crippen LogP contribution is -2.21. The molecular formula is C28H28ClNO6S. The molecule has 3 aromatic rings. The van der Waals surface area contributed by atoms with Crippen LogP contribution < -0.4 is 10.3 Å². The van der Waals surface area contributed by atoms with Crippen molar-refractivity contribution in [3.8, 4) is 5.75 Å². The number of carbonyl (C=O) groups is 1. The van der Waals surface area contributed by atoms with Gasteiger partial charge in [0.15, 0.2) is 5.78 Å². The summed E-state index contributed by atoms with van der Waals surface area (Å²) in [7, 11) is -3.93. The molecule has 0 saturated heterocycles. The molecule has 0 bridgehead atoms. The van der Waals surface area contributed by atoms with E-state index in [1.807, 2.05) is 0 Å². The van der Waals surface area contributed by atoms with Crippen LogP contribution in [0.4, 0.5) is 5.69 Å². The molecule has 0 spiro atoms. The van der Waals surface area contributed by atoms with Crippen LogP contribution in [0.25, 0.3) is 0 Å². The number of sulfonamides is 1. The maximum Gasteiger partial charge on any atom is 0.343 e. The highest BCUT2D eigenvalue weighted by Crippen LogP contribution is 2.49. The number of aryl methyl sites for hydroxylation is 1. The second-order valence-electron chi connectivity index (χ2n) is 9.84. The van der Waals surface area contributed by atoms with Crippen molar-refractivity contribution < 1.29 is 22.7 Å². The van der Waals surface area contributed by atoms with Crippen molar-refractivity contribution in [3.63, 3.8) is 0 Å². The van der Waals surface area contributed by atoms with E-state index in [-0.39, 0.29) is 39.2 Å². The van der Waals surface area contributed by atoms with Gasteiger partial charge in [-0.25, -0.2) is 13.2 Å². The van der Waals surface area contributed by atoms with Gasteiger partial charge >= 0.3 is 5.63 Å². The Labute approximate surface area is 220 Å². The largest absolute Gasteiger partial charge is 0.506 e. The summed E-state index contributed by atoms with van der Waals surface area (Å²) in [6.07, 6.45) is 4.77. The highest BCUT2D eigenvalue weighted by Gasteiger charge is 2.39. The minimum Gasteiger partial charge on any atom is -0.506 e. The Morgan fingerprint density at radius 2 is 1.78 bits per heavy atom. The molecule has 1 unspecified atom stereocenters. The van der Waals surface area contributed by atoms with Gasteiger partial charge in [-0.2, -0.15) is 0 Å². The maximum atomic E-state index is 13.2. The number of rotatable bonds is 6. The average Bonchev–Trinajstić information content (AvgIpc) is 3.66. The van der Waals surface area contributed by atoms with Gasteiger partial charge < -0.3 is 9.52 Å². The Balaban J connectivity index is 1.56. The summed E-state index contributed by atoms with van der Waals surface area (Å²) in [5.74, 6) is -0.723. The van der Waals surface area contributed by atoms with Crippen LogP contribution in [0.1, 0.15) is 77.3 Å². The van der Waals surface area contributed by atoms with Gasteiger partial charge in [-0.05, 0) is 73.9 Å². The molecule has 1 atom stereocenters. The van der Waals surface area contributed by atoms with Crippen molar-refractivity contribution >= 4 is 33.1 Å². The summed E-state index contributed by atoms with van der Waals surface area (Å²) < 4.78 is 34.5. The lowest BCUT2D eigenvalue weighted by atomic mass is 9.85. The highest BCUT2D eigenvalue weighted by molar-refractivity contribution is 7.92. The van der Waals surface area contributed by atoms with Gasteiger partial charge in [-0.1, -0.05) is 36.2 Å². The lowest BCUT2D eigenvalue weighted by molar-refractivity contribution is 0.0968. The number of anilines is 1. The number of benzene rings is 2. The van der Waals surface area contributed by atoms with E-state index in [0.717, 1.165) is 32.1 Å². The molecule has 194 valence electrons. The number of hydrogen-bond acceptors (Lipinski definition) is 6. The van der Waals surface area contributed by atoms with Gasteiger partial charge in [-0.3, -0.25) is 9.52 Å². The number of fused-ring (bicyclic) bond motifs is 1. The first-order valence-corrected chi connectivity index (χ1v) is 14.3. The average molecular weight is 542 g/mol. The predicted octanol–water partition coefficient (Wildman–Crippen LogP) is 5.95. The van der Waals surface area contributed by atoms with E-state index in [0.29, 0.717) is 34.7 Å². The molecule has 7 nitrogen and oxygen atoms in total. The monoisotopic (exact) mass is 541 g/mol. The summed E-state index contributed by atoms with van der Waals surface area (Å²) in [5, 5.41) is 11.6. The third-order valence-corrected chi connectivity index (χ3v) is 9.14. The van der Waals surface area contributed by atoms with Crippen molar-refractivity contribution in [1.29, 1.82) is 0 Å². The summed E-state index contributed by atoms with van der Waals surface area (Å²) in [6.45, 7) is 1.64. The first-order chi connectivity index (χ1) is 17.7. The number of halogens is 1. The fourth-order valence-corrected chi connectivity index (χ4v) is 6.73. The van der Waals surface area contributed by atoms with Crippen LogP contribution in [-0.4, -0.2) is 19.3 Å². The minimum atomic E-state index is -3.93. The molecule has 1 heterocycles. The van der Waals surface area contributed by atoms with E-state index in [2.05, 4.69) is 4.72 Å². The van der Waals surface area contributed by atoms with Crippen molar-refractivity contribution in [3.05, 3.63) is 85.9 Å². The summed E-state index contributed by atoms with van der Waals surface area (Å²) in [5.41, 5.74) is 0.952. The third kappa shape index (κ3) is 5.05. The van der Waals surface area contributed by atoms with Crippen LogP contribution in [0.15, 0.2) is 56.6 Å². The third-order valence-electron chi connectivity index (χ3n) is 7.20. The SMILES string of the molecule is Cc1c(Cl)cccc1S(=O)(=O)Nc1cccc(C(c2c(O)c3c(oc2=O)CCCCCC3=O)C2CC2)c1. The molecule has 9 heteroatoms. The zero-order valence-electron chi connectivity index (χ0n) is 20.4. The number of hydrogen-bond donors (Lipinski definition) is 2. The van der Waals surface area contributed by atoms with Crippen molar-refractivity contribution in [2.75, 3.05) is 4.72 Å². The molecule has 2 aliphatic carbocycles. The molecule has 0 aliphatic heterocycles. The lowest BCUT2D eigenvalue weighted by Gasteiger charge is -2.21. The van der Waals surface area contributed by atoms with Crippen molar-refractivity contribution in [2.45, 2.75) is 62.7 Å². The van der Waals surface area contributed by atoms with Crippen LogP contribution in [0.2, 0.25) is 5.02 Å². The topological polar surface area (TPSA) is 114 Å². The summed E-state index contributed by atoms with van der Waals surface area (Å²) >= 11 is 6.13. The number of aromatic hydroxyl groups is 1. The van der Waals surface area contributed by atoms with E-state index in [1.165, 1.54) is 6.07 Å². The van der Waals surface area contributed by atoms with Crippen LogP contribution in [-0.2, 0) is 16.4 Å². The van der Waals surface area contributed by atoms with Crippen molar-refractivity contribution in [2.24, 2.45) is 5.92 Å². The van der Waals surface area contributed by atoms with E-state index in [4.69, 9.17) is 16.0 Å². The first kappa shape index (κ1) is 25.5. The van der Waals surface area contributed by atoms with Gasteiger partial charge in [0.05, 0.1) is 16.0 Å². The molecule has 0 amide bonds. The molecule has 5 rings (SSSR count). The number of carbonyl (C=O) groups excluding carboxylic acids is 1. The quantitative estimate of drug-likeness (QED) is 0.398. The van der Waals surface area contributed by atoms with E-state index >= 15 is 0 Å². The molecule has 37 heavy (non-hydrogen) atoms. The first-order valence-electron chi connectivity index (χ1n) is 12.5. The van der Waals surface area contributed by atoms with E-state index < -0.39 is 21.6 Å². The van der Waals surface area contributed by atoms with Gasteiger partial charge in [0.2, 0.25) is 0 Å². The van der Waals surface area contributed by atoms with Crippen molar-refractivity contribution in [1.82, 2.24) is 0 Å². The van der Waals surface area contributed by atoms with Gasteiger partial charge in [0.25, 0.3) is 10.0 Å². The van der Waals surface area contributed by atoms with Crippen LogP contribution in [0, 0.1) is 12.8 Å². The smallest absolute Gasteiger partial charge is 0.343 e. The Bertz CT molecular complexity index is 1540. The van der Waals surface area contributed by atoms with Gasteiger partial charge in [-0.15, -0.1) is 0 Å². The summed E-state index contributed by atoms with van der Waals surface area (Å²) in [6, 6.07) is 11.5. The van der Waals surface area contributed by atoms with Crippen LogP contribution >= 0.6 is 11.6 Å². The second-order valence-corrected chi connectivity index (χ2v) is 11.9. The Morgan fingerprint density at radius 3 is 2.54 bits per heavy atom. The predicted molar refractivity (Wildman–Crippen MR) is 141 cm³/mol. The maximum absolute atomic E-state index is 13.2. The molecule has 2 aromatic carbocycles. The van der Waals surface area contributed by atoms with E-state index in [1.54, 1.807) is 43.3 Å². The van der Waals surface area contributed by atoms with Gasteiger partial charge in [0, 0.05) is 29.5 Å². The zero-order valence-corrected chi connectivity index (χ0v) is 22.0. The van der Waals surface area contributed by atoms with Crippen LogP contribution in [0.3, 0.4) is 0 Å². The molecular weight excluding hydrogens is 514 g/mol. The number of Topliss-reactive ketones (excluding diaryl/α,β-unsaturated/α-hetero) is 1. The standard InChI is InChI=1S/C28H28ClNO6S/c1-16-20(29)9-6-12-23(16)37(34,35)30-19-8-5-7-18(15-19)24(17-13-14-17)26-27(32)25-21(31)10-3-2-4-11-22(25)36-28(26)33/h5-9,12,15,17,24,30,32H,2-4,10-11,13-14H2,1H3. The van der Waals surface area contributed by atoms with Gasteiger partial charge in [0.1, 0.15) is 11.5 Å². The number of ketones is 1. The highest BCUT2D eigenvalue weighted by atomic mass is 35.5. The van der Waals surface area contributed by atoms with E-state index in [9.17, 15) is 23.1 Å². The fraction of sp³-hybridized carbons (Fsp3) is 0.357. The fourth-order valence-electron chi connectivity index (χ4n) is 5.18. The molecule has 0 radical (unpaired) electrons. The van der Waals surface area contributed by atoms with Crippen LogP contribution in [0.5, 0.6) is 5.75 Å². The number of nitrogens with one attached hydrogen (secondary N) is 1. The molecule has 1 aromatic heterocycles. The Kier molecular flexibility index (Phi) is 6.89. The molecule has 1 saturated carbocycles. The minimum absolute atomic E-state index is 0.0672.